The predicted molar refractivity (Wildman–Crippen MR) is 139 cm³/mol. The summed E-state index contributed by atoms with van der Waals surface area (Å²) < 4.78 is 26.8. The van der Waals surface area contributed by atoms with Gasteiger partial charge in [0.05, 0.1) is 17.9 Å². The minimum absolute atomic E-state index is 0.187. The first kappa shape index (κ1) is 23.7. The summed E-state index contributed by atoms with van der Waals surface area (Å²) in [6.07, 6.45) is -0.666. The first-order valence-electron chi connectivity index (χ1n) is 11.6. The van der Waals surface area contributed by atoms with E-state index < -0.39 is 12.0 Å². The summed E-state index contributed by atoms with van der Waals surface area (Å²) in [5.41, 5.74) is 2.91. The lowest BCUT2D eigenvalue weighted by atomic mass is 10.0. The number of para-hydroxylation sites is 2. The number of hydrogen-bond donors (Lipinski definition) is 1. The quantitative estimate of drug-likeness (QED) is 0.289. The van der Waals surface area contributed by atoms with Crippen molar-refractivity contribution in [3.05, 3.63) is 119 Å². The fourth-order valence-electron chi connectivity index (χ4n) is 4.24. The molecule has 36 heavy (non-hydrogen) atoms. The summed E-state index contributed by atoms with van der Waals surface area (Å²) >= 11 is 6.27. The molecule has 0 saturated carbocycles. The lowest BCUT2D eigenvalue weighted by molar-refractivity contribution is 0.0974. The summed E-state index contributed by atoms with van der Waals surface area (Å²) in [5.74, 6) is 0.280. The number of hydrogen-bond acceptors (Lipinski definition) is 4. The number of benzene rings is 4. The van der Waals surface area contributed by atoms with Crippen molar-refractivity contribution in [3.8, 4) is 11.5 Å². The molecule has 1 unspecified atom stereocenters. The highest BCUT2D eigenvalue weighted by atomic mass is 35.5. The fraction of sp³-hybridized carbons (Fsp3) is 0.138. The topological polar surface area (TPSA) is 50.8 Å². The van der Waals surface area contributed by atoms with Crippen molar-refractivity contribution in [2.75, 3.05) is 16.8 Å². The number of nitrogens with one attached hydrogen (secondary N) is 1. The van der Waals surface area contributed by atoms with E-state index in [9.17, 15) is 9.18 Å². The van der Waals surface area contributed by atoms with Gasteiger partial charge in [0, 0.05) is 16.3 Å². The normalized spacial score (nSPS) is 14.7. The van der Waals surface area contributed by atoms with Crippen molar-refractivity contribution < 1.29 is 18.7 Å². The maximum atomic E-state index is 14.9. The van der Waals surface area contributed by atoms with E-state index in [1.165, 1.54) is 11.0 Å². The number of fused-ring (bicyclic) bond motifs is 1. The van der Waals surface area contributed by atoms with Crippen LogP contribution in [0.25, 0.3) is 0 Å². The molecular weight excluding hydrogens is 479 g/mol. The molecule has 1 atom stereocenters. The van der Waals surface area contributed by atoms with Crippen molar-refractivity contribution in [1.29, 1.82) is 0 Å². The smallest absolute Gasteiger partial charge is 0.262 e. The second-order valence-corrected chi connectivity index (χ2v) is 8.65. The summed E-state index contributed by atoms with van der Waals surface area (Å²) in [4.78, 5) is 15.0. The Morgan fingerprint density at radius 3 is 2.47 bits per heavy atom. The lowest BCUT2D eigenvalue weighted by Crippen LogP contribution is -2.43. The molecule has 1 heterocycles. The van der Waals surface area contributed by atoms with Crippen LogP contribution in [0.5, 0.6) is 11.5 Å². The molecule has 0 saturated heterocycles. The van der Waals surface area contributed by atoms with Gasteiger partial charge in [-0.15, -0.1) is 0 Å². The van der Waals surface area contributed by atoms with Gasteiger partial charge in [-0.05, 0) is 55.0 Å². The molecule has 1 aliphatic heterocycles. The number of nitrogens with zero attached hydrogens (tertiary/aromatic N) is 1. The van der Waals surface area contributed by atoms with E-state index in [1.54, 1.807) is 36.4 Å². The Kier molecular flexibility index (Phi) is 6.78. The van der Waals surface area contributed by atoms with Crippen molar-refractivity contribution in [3.63, 3.8) is 0 Å². The van der Waals surface area contributed by atoms with Crippen LogP contribution < -0.4 is 19.7 Å². The Balaban J connectivity index is 1.53. The zero-order valence-corrected chi connectivity index (χ0v) is 20.3. The summed E-state index contributed by atoms with van der Waals surface area (Å²) in [6, 6.07) is 26.4. The van der Waals surface area contributed by atoms with Gasteiger partial charge in [0.15, 0.2) is 11.5 Å². The Labute approximate surface area is 214 Å². The highest BCUT2D eigenvalue weighted by molar-refractivity contribution is 6.31. The van der Waals surface area contributed by atoms with Gasteiger partial charge >= 0.3 is 0 Å². The van der Waals surface area contributed by atoms with Gasteiger partial charge in [-0.3, -0.25) is 9.69 Å². The average Bonchev–Trinajstić information content (AvgIpc) is 2.89. The van der Waals surface area contributed by atoms with Crippen molar-refractivity contribution in [1.82, 2.24) is 0 Å². The van der Waals surface area contributed by atoms with Crippen LogP contribution in [-0.2, 0) is 6.61 Å². The van der Waals surface area contributed by atoms with Gasteiger partial charge < -0.3 is 14.8 Å². The maximum Gasteiger partial charge on any atom is 0.262 e. The Bertz CT molecular complexity index is 1410. The van der Waals surface area contributed by atoms with Gasteiger partial charge in [0.1, 0.15) is 18.6 Å². The molecule has 0 radical (unpaired) electrons. The predicted octanol–water partition coefficient (Wildman–Crippen LogP) is 7.23. The van der Waals surface area contributed by atoms with E-state index >= 15 is 0 Å². The molecule has 5 nitrogen and oxygen atoms in total. The molecule has 0 fully saturated rings. The first-order chi connectivity index (χ1) is 17.6. The lowest BCUT2D eigenvalue weighted by Gasteiger charge is -2.38. The van der Waals surface area contributed by atoms with Crippen molar-refractivity contribution in [2.24, 2.45) is 0 Å². The second-order valence-electron chi connectivity index (χ2n) is 8.24. The van der Waals surface area contributed by atoms with E-state index in [0.717, 1.165) is 11.1 Å². The first-order valence-corrected chi connectivity index (χ1v) is 12.0. The van der Waals surface area contributed by atoms with Crippen LogP contribution in [0.3, 0.4) is 0 Å². The number of amides is 1. The number of anilines is 2. The largest absolute Gasteiger partial charge is 0.490 e. The van der Waals surface area contributed by atoms with Crippen LogP contribution >= 0.6 is 11.6 Å². The molecule has 0 spiro atoms. The summed E-state index contributed by atoms with van der Waals surface area (Å²) in [5, 5.41) is 4.02. The van der Waals surface area contributed by atoms with E-state index in [4.69, 9.17) is 21.1 Å². The molecular formula is C29H24ClFN2O3. The van der Waals surface area contributed by atoms with E-state index in [2.05, 4.69) is 5.32 Å². The van der Waals surface area contributed by atoms with Gasteiger partial charge in [-0.1, -0.05) is 60.1 Å². The Morgan fingerprint density at radius 1 is 0.917 bits per heavy atom. The van der Waals surface area contributed by atoms with Gasteiger partial charge in [-0.25, -0.2) is 4.39 Å². The number of carbonyl (C=O) groups excluding carboxylic acids is 1. The zero-order chi connectivity index (χ0) is 25.1. The molecule has 7 heteroatoms. The highest BCUT2D eigenvalue weighted by Gasteiger charge is 2.35. The Hall–Kier alpha value is -4.03. The molecule has 0 aliphatic carbocycles. The molecule has 0 aromatic heterocycles. The molecule has 4 aromatic carbocycles. The van der Waals surface area contributed by atoms with Crippen LogP contribution in [0.4, 0.5) is 15.8 Å². The molecule has 0 bridgehead atoms. The number of rotatable bonds is 7. The monoisotopic (exact) mass is 502 g/mol. The summed E-state index contributed by atoms with van der Waals surface area (Å²) in [6.45, 7) is 2.57. The molecule has 1 aliphatic rings. The summed E-state index contributed by atoms with van der Waals surface area (Å²) in [7, 11) is 0. The number of halogens is 2. The zero-order valence-electron chi connectivity index (χ0n) is 19.6. The SMILES string of the molecule is CCOc1cc(C2Nc3ccccc3C(=O)N2c2ccccc2F)ccc1OCc1ccccc1Cl. The van der Waals surface area contributed by atoms with Crippen LogP contribution in [0, 0.1) is 5.82 Å². The minimum Gasteiger partial charge on any atom is -0.490 e. The highest BCUT2D eigenvalue weighted by Crippen LogP contribution is 2.40. The average molecular weight is 503 g/mol. The standard InChI is InChI=1S/C29H24ClFN2O3/c1-2-35-27-17-19(15-16-26(27)36-18-20-9-3-5-11-22(20)30)28-32-24-13-7-4-10-21(24)29(34)33(28)25-14-8-6-12-23(25)31/h3-17,28,32H,2,18H2,1H3. The van der Waals surface area contributed by atoms with Crippen LogP contribution in [-0.4, -0.2) is 12.5 Å². The minimum atomic E-state index is -0.666. The van der Waals surface area contributed by atoms with Crippen LogP contribution in [0.1, 0.15) is 34.6 Å². The van der Waals surface area contributed by atoms with E-state index in [1.807, 2.05) is 55.5 Å². The molecule has 182 valence electrons. The number of carbonyl (C=O) groups is 1. The molecule has 1 amide bonds. The van der Waals surface area contributed by atoms with Crippen LogP contribution in [0.15, 0.2) is 91.0 Å². The molecule has 1 N–H and O–H groups in total. The van der Waals surface area contributed by atoms with Crippen molar-refractivity contribution >= 4 is 28.9 Å². The third-order valence-corrected chi connectivity index (χ3v) is 6.33. The molecule has 4 aromatic rings. The van der Waals surface area contributed by atoms with Gasteiger partial charge in [0.2, 0.25) is 0 Å². The second kappa shape index (κ2) is 10.3. The molecule has 5 rings (SSSR count). The van der Waals surface area contributed by atoms with Gasteiger partial charge in [-0.2, -0.15) is 0 Å². The Morgan fingerprint density at radius 2 is 1.67 bits per heavy atom. The fourth-order valence-corrected chi connectivity index (χ4v) is 4.43. The van der Waals surface area contributed by atoms with E-state index in [-0.39, 0.29) is 18.2 Å². The van der Waals surface area contributed by atoms with Crippen molar-refractivity contribution in [2.45, 2.75) is 19.7 Å². The third-order valence-electron chi connectivity index (χ3n) is 5.96. The maximum absolute atomic E-state index is 14.9. The van der Waals surface area contributed by atoms with E-state index in [0.29, 0.717) is 34.4 Å². The third kappa shape index (κ3) is 4.60. The number of ether oxygens (including phenoxy) is 2. The van der Waals surface area contributed by atoms with Gasteiger partial charge in [0.25, 0.3) is 5.91 Å². The van der Waals surface area contributed by atoms with Crippen LogP contribution in [0.2, 0.25) is 5.02 Å².